The van der Waals surface area contributed by atoms with E-state index >= 15 is 0 Å². The molecule has 1 amide bonds. The average Bonchev–Trinajstić information content (AvgIpc) is 2.79. The Morgan fingerprint density at radius 3 is 2.10 bits per heavy atom. The lowest BCUT2D eigenvalue weighted by atomic mass is 10.1. The van der Waals surface area contributed by atoms with Crippen molar-refractivity contribution in [1.29, 1.82) is 0 Å². The fourth-order valence-electron chi connectivity index (χ4n) is 3.09. The molecule has 0 bridgehead atoms. The van der Waals surface area contributed by atoms with Gasteiger partial charge in [0, 0.05) is 36.1 Å². The van der Waals surface area contributed by atoms with Gasteiger partial charge in [-0.3, -0.25) is 9.78 Å². The van der Waals surface area contributed by atoms with Crippen LogP contribution in [0.4, 0.5) is 5.69 Å². The van der Waals surface area contributed by atoms with Crippen LogP contribution in [-0.4, -0.2) is 38.8 Å². The number of para-hydroxylation sites is 1. The molecule has 3 rings (SSSR count). The number of hydrogen-bond acceptors (Lipinski definition) is 5. The number of aromatic nitrogens is 1. The van der Waals surface area contributed by atoms with E-state index in [9.17, 15) is 4.79 Å². The molecule has 1 heterocycles. The van der Waals surface area contributed by atoms with Crippen LogP contribution in [0.25, 0.3) is 0 Å². The molecule has 2 aromatic carbocycles. The predicted octanol–water partition coefficient (Wildman–Crippen LogP) is 4.00. The van der Waals surface area contributed by atoms with Crippen molar-refractivity contribution in [1.82, 2.24) is 4.98 Å². The molecule has 0 aliphatic carbocycles. The molecule has 1 aromatic heterocycles. The van der Waals surface area contributed by atoms with Crippen LogP contribution in [0.5, 0.6) is 17.2 Å². The molecule has 29 heavy (non-hydrogen) atoms. The number of pyridine rings is 1. The Morgan fingerprint density at radius 1 is 0.897 bits per heavy atom. The first kappa shape index (κ1) is 20.2. The van der Waals surface area contributed by atoms with Crippen molar-refractivity contribution in [2.45, 2.75) is 6.42 Å². The van der Waals surface area contributed by atoms with Gasteiger partial charge in [-0.1, -0.05) is 24.3 Å². The highest BCUT2D eigenvalue weighted by molar-refractivity contribution is 6.06. The molecule has 0 saturated heterocycles. The summed E-state index contributed by atoms with van der Waals surface area (Å²) in [7, 11) is 4.59. The second-order valence-electron chi connectivity index (χ2n) is 6.28. The minimum absolute atomic E-state index is 0.161. The fraction of sp³-hybridized carbons (Fsp3) is 0.217. The molecular formula is C23H24N2O4. The first-order valence-electron chi connectivity index (χ1n) is 9.24. The number of rotatable bonds is 8. The van der Waals surface area contributed by atoms with Crippen molar-refractivity contribution in [3.8, 4) is 17.2 Å². The van der Waals surface area contributed by atoms with Gasteiger partial charge in [-0.15, -0.1) is 0 Å². The summed E-state index contributed by atoms with van der Waals surface area (Å²) in [5.41, 5.74) is 2.18. The van der Waals surface area contributed by atoms with Gasteiger partial charge in [0.2, 0.25) is 5.75 Å². The van der Waals surface area contributed by atoms with Crippen LogP contribution in [0.2, 0.25) is 0 Å². The molecule has 0 spiro atoms. The van der Waals surface area contributed by atoms with E-state index in [1.165, 1.54) is 21.3 Å². The molecule has 150 valence electrons. The van der Waals surface area contributed by atoms with E-state index in [-0.39, 0.29) is 5.91 Å². The summed E-state index contributed by atoms with van der Waals surface area (Å²) in [5, 5.41) is 0. The summed E-state index contributed by atoms with van der Waals surface area (Å²) < 4.78 is 16.2. The highest BCUT2D eigenvalue weighted by Gasteiger charge is 2.22. The summed E-state index contributed by atoms with van der Waals surface area (Å²) in [6.07, 6.45) is 2.38. The maximum Gasteiger partial charge on any atom is 0.258 e. The Hall–Kier alpha value is -3.54. The van der Waals surface area contributed by atoms with Crippen LogP contribution in [0.1, 0.15) is 16.1 Å². The zero-order valence-electron chi connectivity index (χ0n) is 16.8. The Bertz CT molecular complexity index is 921. The zero-order valence-corrected chi connectivity index (χ0v) is 16.8. The Kier molecular flexibility index (Phi) is 6.68. The quantitative estimate of drug-likeness (QED) is 0.580. The summed E-state index contributed by atoms with van der Waals surface area (Å²) in [5.74, 6) is 1.17. The smallest absolute Gasteiger partial charge is 0.258 e. The fourth-order valence-corrected chi connectivity index (χ4v) is 3.09. The molecule has 0 N–H and O–H groups in total. The molecule has 0 aliphatic heterocycles. The van der Waals surface area contributed by atoms with Crippen LogP contribution in [0.3, 0.4) is 0 Å². The van der Waals surface area contributed by atoms with Gasteiger partial charge in [0.25, 0.3) is 5.91 Å². The molecule has 0 atom stereocenters. The Labute approximate surface area is 170 Å². The van der Waals surface area contributed by atoms with Gasteiger partial charge in [0.05, 0.1) is 21.3 Å². The normalized spacial score (nSPS) is 10.3. The second-order valence-corrected chi connectivity index (χ2v) is 6.28. The summed E-state index contributed by atoms with van der Waals surface area (Å²) >= 11 is 0. The van der Waals surface area contributed by atoms with Crippen LogP contribution < -0.4 is 19.1 Å². The lowest BCUT2D eigenvalue weighted by Crippen LogP contribution is -2.33. The first-order chi connectivity index (χ1) is 14.2. The van der Waals surface area contributed by atoms with Gasteiger partial charge < -0.3 is 19.1 Å². The van der Waals surface area contributed by atoms with Crippen LogP contribution in [0, 0.1) is 0 Å². The standard InChI is InChI=1S/C23H24N2O4/c1-27-20-15-17(16-21(28-2)22(20)29-3)23(26)25(19-10-5-4-6-11-19)14-12-18-9-7-8-13-24-18/h4-11,13,15-16H,12,14H2,1-3H3. The van der Waals surface area contributed by atoms with Crippen LogP contribution in [0.15, 0.2) is 66.9 Å². The molecule has 0 aliphatic rings. The Balaban J connectivity index is 1.96. The maximum absolute atomic E-state index is 13.5. The lowest BCUT2D eigenvalue weighted by molar-refractivity contribution is 0.0986. The van der Waals surface area contributed by atoms with Crippen molar-refractivity contribution < 1.29 is 19.0 Å². The van der Waals surface area contributed by atoms with E-state index in [0.29, 0.717) is 35.8 Å². The van der Waals surface area contributed by atoms with Crippen LogP contribution >= 0.6 is 0 Å². The lowest BCUT2D eigenvalue weighted by Gasteiger charge is -2.24. The van der Waals surface area contributed by atoms with Crippen molar-refractivity contribution in [3.05, 3.63) is 78.1 Å². The highest BCUT2D eigenvalue weighted by atomic mass is 16.5. The number of nitrogens with zero attached hydrogens (tertiary/aromatic N) is 2. The SMILES string of the molecule is COc1cc(C(=O)N(CCc2ccccn2)c2ccccc2)cc(OC)c1OC. The van der Waals surface area contributed by atoms with Crippen molar-refractivity contribution in [3.63, 3.8) is 0 Å². The maximum atomic E-state index is 13.5. The third kappa shape index (κ3) is 4.66. The molecule has 3 aromatic rings. The van der Waals surface area contributed by atoms with Crippen molar-refractivity contribution in [2.24, 2.45) is 0 Å². The van der Waals surface area contributed by atoms with Gasteiger partial charge >= 0.3 is 0 Å². The molecule has 0 unspecified atom stereocenters. The third-order valence-corrected chi connectivity index (χ3v) is 4.54. The van der Waals surface area contributed by atoms with E-state index < -0.39 is 0 Å². The number of benzene rings is 2. The number of methoxy groups -OCH3 is 3. The topological polar surface area (TPSA) is 60.9 Å². The van der Waals surface area contributed by atoms with Gasteiger partial charge in [-0.25, -0.2) is 0 Å². The number of hydrogen-bond donors (Lipinski definition) is 0. The number of ether oxygens (including phenoxy) is 3. The summed E-state index contributed by atoms with van der Waals surface area (Å²) in [6.45, 7) is 0.483. The molecule has 0 saturated carbocycles. The highest BCUT2D eigenvalue weighted by Crippen LogP contribution is 2.38. The van der Waals surface area contributed by atoms with Gasteiger partial charge in [-0.2, -0.15) is 0 Å². The minimum atomic E-state index is -0.161. The number of amides is 1. The van der Waals surface area contributed by atoms with Gasteiger partial charge in [0.1, 0.15) is 0 Å². The average molecular weight is 392 g/mol. The minimum Gasteiger partial charge on any atom is -0.493 e. The molecule has 6 nitrogen and oxygen atoms in total. The molecule has 0 radical (unpaired) electrons. The first-order valence-corrected chi connectivity index (χ1v) is 9.24. The largest absolute Gasteiger partial charge is 0.493 e. The molecular weight excluding hydrogens is 368 g/mol. The van der Waals surface area contributed by atoms with E-state index in [2.05, 4.69) is 4.98 Å². The summed E-state index contributed by atoms with van der Waals surface area (Å²) in [6, 6.07) is 18.7. The van der Waals surface area contributed by atoms with Crippen molar-refractivity contribution >= 4 is 11.6 Å². The van der Waals surface area contributed by atoms with E-state index in [4.69, 9.17) is 14.2 Å². The monoisotopic (exact) mass is 392 g/mol. The van der Waals surface area contributed by atoms with Crippen LogP contribution in [-0.2, 0) is 6.42 Å². The number of carbonyl (C=O) groups is 1. The van der Waals surface area contributed by atoms with Gasteiger partial charge in [0.15, 0.2) is 11.5 Å². The predicted molar refractivity (Wildman–Crippen MR) is 112 cm³/mol. The third-order valence-electron chi connectivity index (χ3n) is 4.54. The van der Waals surface area contributed by atoms with Crippen molar-refractivity contribution in [2.75, 3.05) is 32.8 Å². The zero-order chi connectivity index (χ0) is 20.6. The molecule has 0 fully saturated rings. The summed E-state index contributed by atoms with van der Waals surface area (Å²) in [4.78, 5) is 19.5. The van der Waals surface area contributed by atoms with Gasteiger partial charge in [-0.05, 0) is 36.4 Å². The molecule has 6 heteroatoms. The Morgan fingerprint density at radius 2 is 1.55 bits per heavy atom. The van der Waals surface area contributed by atoms with E-state index in [1.54, 1.807) is 23.2 Å². The number of carbonyl (C=O) groups excluding carboxylic acids is 1. The van der Waals surface area contributed by atoms with E-state index in [0.717, 1.165) is 11.4 Å². The van der Waals surface area contributed by atoms with E-state index in [1.807, 2.05) is 48.5 Å². The number of anilines is 1. The second kappa shape index (κ2) is 9.59.